The Morgan fingerprint density at radius 3 is 2.39 bits per heavy atom. The van der Waals surface area contributed by atoms with Crippen molar-refractivity contribution >= 4 is 16.9 Å². The maximum absolute atomic E-state index is 13.4. The van der Waals surface area contributed by atoms with Crippen LogP contribution < -0.4 is 15.0 Å². The van der Waals surface area contributed by atoms with Crippen LogP contribution in [0, 0.1) is 0 Å². The first-order valence-corrected chi connectivity index (χ1v) is 12.0. The fraction of sp³-hybridized carbons (Fsp3) is 0.250. The van der Waals surface area contributed by atoms with Crippen molar-refractivity contribution < 1.29 is 36.9 Å². The largest absolute Gasteiger partial charge is 0.490 e. The average Bonchev–Trinajstić information content (AvgIpc) is 2.88. The fourth-order valence-electron chi connectivity index (χ4n) is 3.73. The van der Waals surface area contributed by atoms with Crippen molar-refractivity contribution in [2.45, 2.75) is 30.0 Å². The second-order valence-corrected chi connectivity index (χ2v) is 9.33. The molecule has 3 aromatic rings. The molecule has 0 saturated carbocycles. The number of alkyl halides is 3. The lowest BCUT2D eigenvalue weighted by molar-refractivity contribution is -0.137. The van der Waals surface area contributed by atoms with Gasteiger partial charge in [0.2, 0.25) is 0 Å². The number of aromatic nitrogens is 1. The number of hydroxylamine groups is 1. The second kappa shape index (κ2) is 11.1. The lowest BCUT2D eigenvalue weighted by atomic mass is 10.1. The van der Waals surface area contributed by atoms with Crippen molar-refractivity contribution in [1.82, 2.24) is 14.8 Å². The zero-order valence-corrected chi connectivity index (χ0v) is 19.6. The molecule has 0 aliphatic carbocycles. The standard InChI is InChI=1S/C24H22F3N3O5S/c25-24(26,27)16-6-8-17(9-7-16)34-18-10-13-30(14-11-18)36(33)21-5-1-4-20(22(21)23(31)29-32)35-19-3-2-12-28-15-19/h1-9,12,15,18,32H,10-11,13-14H2,(H,29,31). The highest BCUT2D eigenvalue weighted by molar-refractivity contribution is 7.82. The summed E-state index contributed by atoms with van der Waals surface area (Å²) in [6, 6.07) is 12.4. The van der Waals surface area contributed by atoms with Crippen LogP contribution in [0.3, 0.4) is 0 Å². The van der Waals surface area contributed by atoms with Crippen LogP contribution in [-0.4, -0.2) is 43.8 Å². The molecule has 2 heterocycles. The van der Waals surface area contributed by atoms with E-state index in [0.717, 1.165) is 12.1 Å². The topological polar surface area (TPSA) is 101 Å². The smallest absolute Gasteiger partial charge is 0.416 e. The highest BCUT2D eigenvalue weighted by atomic mass is 32.2. The Morgan fingerprint density at radius 2 is 1.78 bits per heavy atom. The SMILES string of the molecule is O=C(NO)c1c(Oc2cccnc2)cccc1S(=O)N1CCC(Oc2ccc(C(F)(F)F)cc2)CC1. The van der Waals surface area contributed by atoms with Crippen LogP contribution in [0.15, 0.2) is 71.9 Å². The zero-order valence-electron chi connectivity index (χ0n) is 18.8. The van der Waals surface area contributed by atoms with Crippen LogP contribution in [0.25, 0.3) is 0 Å². The molecule has 1 atom stereocenters. The summed E-state index contributed by atoms with van der Waals surface area (Å²) in [6.07, 6.45) is -0.730. The second-order valence-electron chi connectivity index (χ2n) is 7.88. The maximum atomic E-state index is 13.4. The van der Waals surface area contributed by atoms with Gasteiger partial charge in [-0.25, -0.2) is 14.0 Å². The van der Waals surface area contributed by atoms with Gasteiger partial charge in [-0.1, -0.05) is 6.07 Å². The molecule has 36 heavy (non-hydrogen) atoms. The number of rotatable bonds is 7. The first kappa shape index (κ1) is 25.6. The third-order valence-electron chi connectivity index (χ3n) is 5.49. The molecule has 1 unspecified atom stereocenters. The quantitative estimate of drug-likeness (QED) is 0.349. The highest BCUT2D eigenvalue weighted by Crippen LogP contribution is 2.33. The van der Waals surface area contributed by atoms with Crippen molar-refractivity contribution in [3.8, 4) is 17.2 Å². The molecule has 2 aromatic carbocycles. The Balaban J connectivity index is 1.45. The van der Waals surface area contributed by atoms with E-state index in [1.165, 1.54) is 30.5 Å². The molecule has 0 bridgehead atoms. The van der Waals surface area contributed by atoms with Crippen molar-refractivity contribution in [3.05, 3.63) is 78.1 Å². The predicted octanol–water partition coefficient (Wildman–Crippen LogP) is 4.58. The minimum atomic E-state index is -4.42. The van der Waals surface area contributed by atoms with Gasteiger partial charge in [0, 0.05) is 19.3 Å². The van der Waals surface area contributed by atoms with Gasteiger partial charge in [-0.15, -0.1) is 0 Å². The number of amides is 1. The van der Waals surface area contributed by atoms with Crippen LogP contribution in [0.1, 0.15) is 28.8 Å². The molecule has 4 rings (SSSR count). The van der Waals surface area contributed by atoms with Crippen LogP contribution in [0.5, 0.6) is 17.2 Å². The van der Waals surface area contributed by atoms with Crippen molar-refractivity contribution in [2.24, 2.45) is 0 Å². The third kappa shape index (κ3) is 6.01. The first-order valence-electron chi connectivity index (χ1n) is 10.9. The summed E-state index contributed by atoms with van der Waals surface area (Å²) in [7, 11) is -1.76. The number of ether oxygens (including phenoxy) is 2. The van der Waals surface area contributed by atoms with Crippen LogP contribution in [-0.2, 0) is 17.2 Å². The molecule has 1 amide bonds. The van der Waals surface area contributed by atoms with Crippen molar-refractivity contribution in [2.75, 3.05) is 13.1 Å². The van der Waals surface area contributed by atoms with Crippen LogP contribution >= 0.6 is 0 Å². The van der Waals surface area contributed by atoms with E-state index in [-0.39, 0.29) is 22.3 Å². The Labute approximate surface area is 207 Å². The number of carbonyl (C=O) groups is 1. The lowest BCUT2D eigenvalue weighted by Crippen LogP contribution is -2.39. The van der Waals surface area contributed by atoms with Gasteiger partial charge in [0.1, 0.15) is 39.9 Å². The average molecular weight is 522 g/mol. The molecule has 1 aromatic heterocycles. The number of nitrogens with zero attached hydrogens (tertiary/aromatic N) is 2. The Kier molecular flexibility index (Phi) is 7.87. The predicted molar refractivity (Wildman–Crippen MR) is 123 cm³/mol. The van der Waals surface area contributed by atoms with E-state index in [1.807, 2.05) is 0 Å². The maximum Gasteiger partial charge on any atom is 0.416 e. The molecule has 1 aliphatic heterocycles. The van der Waals surface area contributed by atoms with Crippen LogP contribution in [0.4, 0.5) is 13.2 Å². The molecular weight excluding hydrogens is 499 g/mol. The van der Waals surface area contributed by atoms with Gasteiger partial charge in [0.05, 0.1) is 16.7 Å². The molecular formula is C24H22F3N3O5S. The molecule has 8 nitrogen and oxygen atoms in total. The number of benzene rings is 2. The minimum absolute atomic E-state index is 0.0784. The molecule has 1 aliphatic rings. The van der Waals surface area contributed by atoms with Crippen LogP contribution in [0.2, 0.25) is 0 Å². The molecule has 1 fully saturated rings. The number of hydrogen-bond acceptors (Lipinski definition) is 6. The summed E-state index contributed by atoms with van der Waals surface area (Å²) in [6.45, 7) is 0.706. The van der Waals surface area contributed by atoms with Gasteiger partial charge in [-0.3, -0.25) is 15.0 Å². The molecule has 0 radical (unpaired) electrons. The number of halogens is 3. The van der Waals surface area contributed by atoms with E-state index >= 15 is 0 Å². The third-order valence-corrected chi connectivity index (χ3v) is 7.04. The summed E-state index contributed by atoms with van der Waals surface area (Å²) < 4.78 is 64.9. The van der Waals surface area contributed by atoms with E-state index in [0.29, 0.717) is 37.4 Å². The first-order chi connectivity index (χ1) is 17.3. The van der Waals surface area contributed by atoms with Gasteiger partial charge < -0.3 is 9.47 Å². The Hall–Kier alpha value is -3.48. The van der Waals surface area contributed by atoms with Crippen molar-refractivity contribution in [1.29, 1.82) is 0 Å². The normalized spacial score (nSPS) is 15.8. The van der Waals surface area contributed by atoms with E-state index in [1.54, 1.807) is 34.2 Å². The number of hydrogen-bond donors (Lipinski definition) is 2. The van der Waals surface area contributed by atoms with Gasteiger partial charge >= 0.3 is 6.18 Å². The Bertz CT molecular complexity index is 1220. The Morgan fingerprint density at radius 1 is 1.06 bits per heavy atom. The van der Waals surface area contributed by atoms with Gasteiger partial charge in [0.25, 0.3) is 5.91 Å². The lowest BCUT2D eigenvalue weighted by Gasteiger charge is -2.31. The van der Waals surface area contributed by atoms with Gasteiger partial charge in [-0.05, 0) is 61.4 Å². The number of carbonyl (C=O) groups excluding carboxylic acids is 1. The summed E-state index contributed by atoms with van der Waals surface area (Å²) in [5.41, 5.74) is 0.745. The van der Waals surface area contributed by atoms with E-state index in [9.17, 15) is 27.4 Å². The molecule has 12 heteroatoms. The molecule has 1 saturated heterocycles. The van der Waals surface area contributed by atoms with E-state index in [4.69, 9.17) is 9.47 Å². The van der Waals surface area contributed by atoms with Crippen molar-refractivity contribution in [3.63, 3.8) is 0 Å². The summed E-state index contributed by atoms with van der Waals surface area (Å²) in [5.74, 6) is -0.0994. The monoisotopic (exact) mass is 521 g/mol. The molecule has 2 N–H and O–H groups in total. The number of nitrogens with one attached hydrogen (secondary N) is 1. The highest BCUT2D eigenvalue weighted by Gasteiger charge is 2.31. The summed E-state index contributed by atoms with van der Waals surface area (Å²) in [5, 5.41) is 9.27. The minimum Gasteiger partial charge on any atom is -0.490 e. The summed E-state index contributed by atoms with van der Waals surface area (Å²) >= 11 is 0. The van der Waals surface area contributed by atoms with E-state index < -0.39 is 28.6 Å². The summed E-state index contributed by atoms with van der Waals surface area (Å²) in [4.78, 5) is 16.6. The van der Waals surface area contributed by atoms with Gasteiger partial charge in [-0.2, -0.15) is 13.2 Å². The fourth-order valence-corrected chi connectivity index (χ4v) is 5.11. The molecule has 190 valence electrons. The van der Waals surface area contributed by atoms with E-state index in [2.05, 4.69) is 4.98 Å². The zero-order chi connectivity index (χ0) is 25.7. The van der Waals surface area contributed by atoms with Gasteiger partial charge in [0.15, 0.2) is 0 Å². The number of piperidine rings is 1. The number of pyridine rings is 1. The molecule has 0 spiro atoms.